The first kappa shape index (κ1) is 15.4. The van der Waals surface area contributed by atoms with E-state index in [0.717, 1.165) is 45.7 Å². The van der Waals surface area contributed by atoms with E-state index in [1.54, 1.807) is 24.8 Å². The van der Waals surface area contributed by atoms with Crippen molar-refractivity contribution in [2.24, 2.45) is 0 Å². The van der Waals surface area contributed by atoms with Gasteiger partial charge in [-0.15, -0.1) is 0 Å². The van der Waals surface area contributed by atoms with Crippen LogP contribution in [0.3, 0.4) is 0 Å². The maximum atomic E-state index is 14.1. The number of hydrogen-bond acceptors (Lipinski definition) is 5. The van der Waals surface area contributed by atoms with Gasteiger partial charge in [-0.25, -0.2) is 9.37 Å². The number of piperazine rings is 1. The van der Waals surface area contributed by atoms with Crippen LogP contribution in [0.2, 0.25) is 0 Å². The van der Waals surface area contributed by atoms with Crippen molar-refractivity contribution >= 4 is 5.69 Å². The van der Waals surface area contributed by atoms with Crippen molar-refractivity contribution in [1.82, 2.24) is 19.7 Å². The molecule has 1 aromatic heterocycles. The molecule has 23 heavy (non-hydrogen) atoms. The molecular weight excluding hydrogens is 295 g/mol. The summed E-state index contributed by atoms with van der Waals surface area (Å²) in [5.41, 5.74) is 0.948. The van der Waals surface area contributed by atoms with Crippen molar-refractivity contribution in [3.8, 4) is 6.07 Å². The number of nitrogens with zero attached hydrogens (tertiary/aromatic N) is 6. The Bertz CT molecular complexity index is 670. The third-order valence-corrected chi connectivity index (χ3v) is 4.12. The fraction of sp³-hybridized carbons (Fsp3) is 0.438. The molecule has 1 saturated heterocycles. The van der Waals surface area contributed by atoms with Crippen LogP contribution >= 0.6 is 0 Å². The highest BCUT2D eigenvalue weighted by Gasteiger charge is 2.19. The summed E-state index contributed by atoms with van der Waals surface area (Å²) in [5.74, 6) is -0.316. The smallest absolute Gasteiger partial charge is 0.147 e. The Balaban J connectivity index is 1.47. The first-order valence-electron chi connectivity index (χ1n) is 7.75. The summed E-state index contributed by atoms with van der Waals surface area (Å²) < 4.78 is 15.9. The van der Waals surface area contributed by atoms with E-state index in [1.165, 1.54) is 6.07 Å². The Labute approximate surface area is 134 Å². The Morgan fingerprint density at radius 1 is 1.17 bits per heavy atom. The lowest BCUT2D eigenvalue weighted by atomic mass is 10.2. The zero-order valence-electron chi connectivity index (χ0n) is 12.9. The van der Waals surface area contributed by atoms with Gasteiger partial charge in [0.25, 0.3) is 0 Å². The fourth-order valence-corrected chi connectivity index (χ4v) is 2.85. The van der Waals surface area contributed by atoms with Crippen LogP contribution in [0.4, 0.5) is 10.1 Å². The quantitative estimate of drug-likeness (QED) is 0.837. The largest absolute Gasteiger partial charge is 0.367 e. The lowest BCUT2D eigenvalue weighted by molar-refractivity contribution is 0.248. The summed E-state index contributed by atoms with van der Waals surface area (Å²) in [6, 6.07) is 6.64. The summed E-state index contributed by atoms with van der Waals surface area (Å²) >= 11 is 0. The Hall–Kier alpha value is -2.46. The van der Waals surface area contributed by atoms with Gasteiger partial charge in [0.1, 0.15) is 18.5 Å². The van der Waals surface area contributed by atoms with Crippen molar-refractivity contribution in [1.29, 1.82) is 5.26 Å². The van der Waals surface area contributed by atoms with Crippen molar-refractivity contribution in [3.63, 3.8) is 0 Å². The number of benzene rings is 1. The van der Waals surface area contributed by atoms with Gasteiger partial charge in [-0.1, -0.05) is 0 Å². The molecule has 2 heterocycles. The molecule has 1 fully saturated rings. The third-order valence-electron chi connectivity index (χ3n) is 4.12. The molecule has 0 radical (unpaired) electrons. The van der Waals surface area contributed by atoms with E-state index >= 15 is 0 Å². The SMILES string of the molecule is N#Cc1ccc(N2CCN(CCCn3cncn3)CC2)c(F)c1. The van der Waals surface area contributed by atoms with Gasteiger partial charge in [0.15, 0.2) is 0 Å². The minimum Gasteiger partial charge on any atom is -0.367 e. The van der Waals surface area contributed by atoms with Crippen molar-refractivity contribution in [2.75, 3.05) is 37.6 Å². The van der Waals surface area contributed by atoms with Gasteiger partial charge in [0.05, 0.1) is 17.3 Å². The summed E-state index contributed by atoms with van der Waals surface area (Å²) in [7, 11) is 0. The van der Waals surface area contributed by atoms with Gasteiger partial charge >= 0.3 is 0 Å². The third kappa shape index (κ3) is 3.85. The van der Waals surface area contributed by atoms with E-state index in [1.807, 2.05) is 15.7 Å². The molecule has 0 unspecified atom stereocenters. The van der Waals surface area contributed by atoms with Gasteiger partial charge < -0.3 is 4.90 Å². The molecule has 3 rings (SSSR count). The predicted octanol–water partition coefficient (Wildman–Crippen LogP) is 1.50. The molecule has 0 atom stereocenters. The number of nitriles is 1. The number of aromatic nitrogens is 3. The van der Waals surface area contributed by atoms with E-state index in [9.17, 15) is 4.39 Å². The van der Waals surface area contributed by atoms with Crippen LogP contribution in [0.15, 0.2) is 30.9 Å². The van der Waals surface area contributed by atoms with Crippen molar-refractivity contribution in [2.45, 2.75) is 13.0 Å². The molecule has 0 saturated carbocycles. The lowest BCUT2D eigenvalue weighted by Crippen LogP contribution is -2.47. The summed E-state index contributed by atoms with van der Waals surface area (Å²) in [6.45, 7) is 5.29. The van der Waals surface area contributed by atoms with E-state index < -0.39 is 0 Å². The standard InChI is InChI=1S/C16H19FN6/c17-15-10-14(11-18)2-3-16(15)22-8-6-21(7-9-22)4-1-5-23-13-19-12-20-23/h2-3,10,12-13H,1,4-9H2. The topological polar surface area (TPSA) is 61.0 Å². The van der Waals surface area contributed by atoms with Crippen LogP contribution in [-0.2, 0) is 6.54 Å². The zero-order chi connectivity index (χ0) is 16.1. The molecule has 1 aliphatic rings. The highest BCUT2D eigenvalue weighted by Crippen LogP contribution is 2.21. The normalized spacial score (nSPS) is 15.6. The average molecular weight is 314 g/mol. The zero-order valence-corrected chi connectivity index (χ0v) is 12.9. The van der Waals surface area contributed by atoms with Gasteiger partial charge in [-0.05, 0) is 24.6 Å². The van der Waals surface area contributed by atoms with Gasteiger partial charge in [-0.2, -0.15) is 10.4 Å². The van der Waals surface area contributed by atoms with Crippen LogP contribution in [0.25, 0.3) is 0 Å². The second kappa shape index (κ2) is 7.20. The van der Waals surface area contributed by atoms with Crippen molar-refractivity contribution in [3.05, 3.63) is 42.2 Å². The molecule has 2 aromatic rings. The molecule has 0 N–H and O–H groups in total. The van der Waals surface area contributed by atoms with E-state index in [4.69, 9.17) is 5.26 Å². The number of halogens is 1. The maximum absolute atomic E-state index is 14.1. The average Bonchev–Trinajstić information content (AvgIpc) is 3.09. The monoisotopic (exact) mass is 314 g/mol. The maximum Gasteiger partial charge on any atom is 0.147 e. The minimum absolute atomic E-state index is 0.316. The van der Waals surface area contributed by atoms with Crippen LogP contribution in [0, 0.1) is 17.1 Å². The lowest BCUT2D eigenvalue weighted by Gasteiger charge is -2.36. The van der Waals surface area contributed by atoms with Gasteiger partial charge in [-0.3, -0.25) is 9.58 Å². The molecule has 0 amide bonds. The van der Waals surface area contributed by atoms with Crippen LogP contribution in [0.1, 0.15) is 12.0 Å². The van der Waals surface area contributed by atoms with Gasteiger partial charge in [0, 0.05) is 39.3 Å². The molecule has 6 nitrogen and oxygen atoms in total. The first-order chi connectivity index (χ1) is 11.3. The number of hydrogen-bond donors (Lipinski definition) is 0. The molecule has 0 bridgehead atoms. The van der Waals surface area contributed by atoms with Crippen LogP contribution in [-0.4, -0.2) is 52.4 Å². The Morgan fingerprint density at radius 2 is 2.00 bits per heavy atom. The second-order valence-electron chi connectivity index (χ2n) is 5.62. The number of anilines is 1. The fourth-order valence-electron chi connectivity index (χ4n) is 2.85. The van der Waals surface area contributed by atoms with Crippen LogP contribution < -0.4 is 4.90 Å². The Kier molecular flexibility index (Phi) is 4.83. The molecule has 120 valence electrons. The Morgan fingerprint density at radius 3 is 2.65 bits per heavy atom. The summed E-state index contributed by atoms with van der Waals surface area (Å²) in [4.78, 5) is 8.36. The first-order valence-corrected chi connectivity index (χ1v) is 7.75. The molecular formula is C16H19FN6. The second-order valence-corrected chi connectivity index (χ2v) is 5.62. The summed E-state index contributed by atoms with van der Waals surface area (Å²) in [6.07, 6.45) is 4.30. The number of rotatable bonds is 5. The molecule has 0 aliphatic carbocycles. The van der Waals surface area contributed by atoms with E-state index in [-0.39, 0.29) is 5.82 Å². The molecule has 0 spiro atoms. The predicted molar refractivity (Wildman–Crippen MR) is 84.4 cm³/mol. The minimum atomic E-state index is -0.316. The molecule has 1 aromatic carbocycles. The number of aryl methyl sites for hydroxylation is 1. The van der Waals surface area contributed by atoms with Crippen LogP contribution in [0.5, 0.6) is 0 Å². The van der Waals surface area contributed by atoms with E-state index in [0.29, 0.717) is 11.3 Å². The van der Waals surface area contributed by atoms with Crippen molar-refractivity contribution < 1.29 is 4.39 Å². The highest BCUT2D eigenvalue weighted by atomic mass is 19.1. The van der Waals surface area contributed by atoms with Gasteiger partial charge in [0.2, 0.25) is 0 Å². The molecule has 1 aliphatic heterocycles. The highest BCUT2D eigenvalue weighted by molar-refractivity contribution is 5.51. The summed E-state index contributed by atoms with van der Waals surface area (Å²) in [5, 5.41) is 12.9. The van der Waals surface area contributed by atoms with E-state index in [2.05, 4.69) is 15.0 Å². The molecule has 7 heteroatoms.